The van der Waals surface area contributed by atoms with Crippen LogP contribution in [0.2, 0.25) is 0 Å². The molecule has 10 heteroatoms. The molecule has 0 amide bonds. The fraction of sp³-hybridized carbons (Fsp3) is 0.200. The molecular formula is C20H21N3O6S. The molecular weight excluding hydrogens is 410 g/mol. The maximum Gasteiger partial charge on any atom is 0.356 e. The standard InChI is InChI=1S/C20H21N3O6S/c1-14-13-17(7-8-19(14)29-12-11-28-2)30(26,27)22-15-3-5-16(6-4-15)23-10-9-18(21-23)20(24)25/h3-10,13,22H,11-12H2,1-2H3,(H,24,25). The number of hydrogen-bond donors (Lipinski definition) is 2. The highest BCUT2D eigenvalue weighted by atomic mass is 32.2. The van der Waals surface area contributed by atoms with Crippen LogP contribution < -0.4 is 9.46 Å². The van der Waals surface area contributed by atoms with Crippen LogP contribution in [0.5, 0.6) is 5.75 Å². The zero-order valence-corrected chi connectivity index (χ0v) is 17.2. The van der Waals surface area contributed by atoms with Crippen molar-refractivity contribution >= 4 is 21.7 Å². The molecule has 0 fully saturated rings. The van der Waals surface area contributed by atoms with E-state index in [0.29, 0.717) is 35.9 Å². The summed E-state index contributed by atoms with van der Waals surface area (Å²) in [4.78, 5) is 11.0. The normalized spacial score (nSPS) is 11.3. The molecule has 0 bridgehead atoms. The number of aromatic carboxylic acids is 1. The summed E-state index contributed by atoms with van der Waals surface area (Å²) in [6, 6.07) is 12.4. The molecule has 0 unspecified atom stereocenters. The van der Waals surface area contributed by atoms with E-state index in [1.807, 2.05) is 0 Å². The Morgan fingerprint density at radius 2 is 1.87 bits per heavy atom. The Bertz CT molecular complexity index is 1140. The summed E-state index contributed by atoms with van der Waals surface area (Å²) in [6.07, 6.45) is 1.52. The number of benzene rings is 2. The van der Waals surface area contributed by atoms with Crippen molar-refractivity contribution in [3.63, 3.8) is 0 Å². The monoisotopic (exact) mass is 431 g/mol. The Hall–Kier alpha value is -3.37. The van der Waals surface area contributed by atoms with E-state index in [1.54, 1.807) is 44.4 Å². The van der Waals surface area contributed by atoms with Gasteiger partial charge in [-0.2, -0.15) is 5.10 Å². The molecule has 158 valence electrons. The van der Waals surface area contributed by atoms with Crippen LogP contribution in [0.4, 0.5) is 5.69 Å². The van der Waals surface area contributed by atoms with Crippen molar-refractivity contribution in [2.75, 3.05) is 25.0 Å². The number of ether oxygens (including phenoxy) is 2. The Labute approximate surface area is 173 Å². The molecule has 0 radical (unpaired) electrons. The predicted octanol–water partition coefficient (Wildman–Crippen LogP) is 2.70. The van der Waals surface area contributed by atoms with Gasteiger partial charge >= 0.3 is 5.97 Å². The average molecular weight is 431 g/mol. The van der Waals surface area contributed by atoms with Gasteiger partial charge in [-0.1, -0.05) is 0 Å². The minimum Gasteiger partial charge on any atom is -0.491 e. The van der Waals surface area contributed by atoms with E-state index in [1.165, 1.54) is 29.1 Å². The first-order valence-electron chi connectivity index (χ1n) is 8.95. The highest BCUT2D eigenvalue weighted by Gasteiger charge is 2.16. The molecule has 0 spiro atoms. The number of sulfonamides is 1. The third-order valence-electron chi connectivity index (χ3n) is 4.19. The second kappa shape index (κ2) is 8.97. The Morgan fingerprint density at radius 3 is 2.47 bits per heavy atom. The number of anilines is 1. The summed E-state index contributed by atoms with van der Waals surface area (Å²) in [6.45, 7) is 2.58. The van der Waals surface area contributed by atoms with Crippen LogP contribution in [0, 0.1) is 6.92 Å². The molecule has 1 aromatic heterocycles. The van der Waals surface area contributed by atoms with Gasteiger partial charge in [-0.05, 0) is 61.0 Å². The molecule has 9 nitrogen and oxygen atoms in total. The molecule has 0 aliphatic rings. The number of carbonyl (C=O) groups is 1. The van der Waals surface area contributed by atoms with E-state index in [9.17, 15) is 13.2 Å². The Morgan fingerprint density at radius 1 is 1.13 bits per heavy atom. The lowest BCUT2D eigenvalue weighted by atomic mass is 10.2. The highest BCUT2D eigenvalue weighted by Crippen LogP contribution is 2.24. The van der Waals surface area contributed by atoms with Crippen LogP contribution in [-0.4, -0.2) is 49.6 Å². The smallest absolute Gasteiger partial charge is 0.356 e. The molecule has 30 heavy (non-hydrogen) atoms. The van der Waals surface area contributed by atoms with Crippen LogP contribution in [0.3, 0.4) is 0 Å². The first kappa shape index (κ1) is 21.3. The van der Waals surface area contributed by atoms with Gasteiger partial charge in [0.2, 0.25) is 0 Å². The first-order valence-corrected chi connectivity index (χ1v) is 10.4. The summed E-state index contributed by atoms with van der Waals surface area (Å²) < 4.78 is 39.8. The maximum absolute atomic E-state index is 12.7. The molecule has 0 saturated heterocycles. The van der Waals surface area contributed by atoms with Gasteiger partial charge in [-0.3, -0.25) is 4.72 Å². The molecule has 2 N–H and O–H groups in total. The minimum absolute atomic E-state index is 0.0789. The van der Waals surface area contributed by atoms with Gasteiger partial charge in [0.15, 0.2) is 5.69 Å². The van der Waals surface area contributed by atoms with Crippen molar-refractivity contribution in [1.29, 1.82) is 0 Å². The van der Waals surface area contributed by atoms with Crippen molar-refractivity contribution < 1.29 is 27.8 Å². The highest BCUT2D eigenvalue weighted by molar-refractivity contribution is 7.92. The van der Waals surface area contributed by atoms with Crippen LogP contribution >= 0.6 is 0 Å². The number of carboxylic acids is 1. The van der Waals surface area contributed by atoms with Crippen LogP contribution in [0.15, 0.2) is 59.6 Å². The Kier molecular flexibility index (Phi) is 6.38. The van der Waals surface area contributed by atoms with E-state index in [-0.39, 0.29) is 10.6 Å². The topological polar surface area (TPSA) is 120 Å². The summed E-state index contributed by atoms with van der Waals surface area (Å²) >= 11 is 0. The zero-order valence-electron chi connectivity index (χ0n) is 16.4. The third kappa shape index (κ3) is 4.97. The van der Waals surface area contributed by atoms with E-state index in [0.717, 1.165) is 0 Å². The number of carboxylic acid groups (broad SMARTS) is 1. The summed E-state index contributed by atoms with van der Waals surface area (Å²) in [5.41, 5.74) is 1.57. The van der Waals surface area contributed by atoms with E-state index in [4.69, 9.17) is 14.6 Å². The molecule has 1 heterocycles. The quantitative estimate of drug-likeness (QED) is 0.500. The number of hydrogen-bond acceptors (Lipinski definition) is 6. The number of methoxy groups -OCH3 is 1. The van der Waals surface area contributed by atoms with Gasteiger partial charge in [-0.15, -0.1) is 0 Å². The predicted molar refractivity (Wildman–Crippen MR) is 110 cm³/mol. The van der Waals surface area contributed by atoms with Gasteiger partial charge in [-0.25, -0.2) is 17.9 Å². The van der Waals surface area contributed by atoms with Crippen molar-refractivity contribution in [1.82, 2.24) is 9.78 Å². The van der Waals surface area contributed by atoms with Crippen molar-refractivity contribution in [2.45, 2.75) is 11.8 Å². The molecule has 0 aliphatic heterocycles. The van der Waals surface area contributed by atoms with Crippen LogP contribution in [-0.2, 0) is 14.8 Å². The molecule has 3 rings (SSSR count). The molecule has 0 atom stereocenters. The fourth-order valence-corrected chi connectivity index (χ4v) is 3.81. The number of rotatable bonds is 9. The lowest BCUT2D eigenvalue weighted by Gasteiger charge is -2.12. The van der Waals surface area contributed by atoms with E-state index in [2.05, 4.69) is 9.82 Å². The maximum atomic E-state index is 12.7. The lowest BCUT2D eigenvalue weighted by molar-refractivity contribution is 0.0690. The largest absolute Gasteiger partial charge is 0.491 e. The summed E-state index contributed by atoms with van der Waals surface area (Å²) in [7, 11) is -2.22. The van der Waals surface area contributed by atoms with Gasteiger partial charge in [0.05, 0.1) is 17.2 Å². The number of nitrogens with one attached hydrogen (secondary N) is 1. The van der Waals surface area contributed by atoms with E-state index < -0.39 is 16.0 Å². The average Bonchev–Trinajstić information content (AvgIpc) is 3.20. The van der Waals surface area contributed by atoms with Crippen molar-refractivity contribution in [3.05, 3.63) is 66.0 Å². The first-order chi connectivity index (χ1) is 14.3. The number of aromatic nitrogens is 2. The number of nitrogens with zero attached hydrogens (tertiary/aromatic N) is 2. The molecule has 0 aliphatic carbocycles. The van der Waals surface area contributed by atoms with Crippen LogP contribution in [0.25, 0.3) is 5.69 Å². The molecule has 0 saturated carbocycles. The molecule has 2 aromatic carbocycles. The van der Waals surface area contributed by atoms with Gasteiger partial charge in [0.1, 0.15) is 12.4 Å². The Balaban J connectivity index is 1.73. The van der Waals surface area contributed by atoms with Crippen LogP contribution in [0.1, 0.15) is 16.1 Å². The second-order valence-corrected chi connectivity index (χ2v) is 8.05. The van der Waals surface area contributed by atoms with E-state index >= 15 is 0 Å². The summed E-state index contributed by atoms with van der Waals surface area (Å²) in [5.74, 6) is -0.529. The van der Waals surface area contributed by atoms with Crippen molar-refractivity contribution in [3.8, 4) is 11.4 Å². The minimum atomic E-state index is -3.79. The van der Waals surface area contributed by atoms with Gasteiger partial charge in [0.25, 0.3) is 10.0 Å². The number of aryl methyl sites for hydroxylation is 1. The third-order valence-corrected chi connectivity index (χ3v) is 5.57. The fourth-order valence-electron chi connectivity index (χ4n) is 2.66. The summed E-state index contributed by atoms with van der Waals surface area (Å²) in [5, 5.41) is 12.9. The van der Waals surface area contributed by atoms with Crippen molar-refractivity contribution in [2.24, 2.45) is 0 Å². The second-order valence-electron chi connectivity index (χ2n) is 6.37. The van der Waals surface area contributed by atoms with Gasteiger partial charge < -0.3 is 14.6 Å². The SMILES string of the molecule is COCCOc1ccc(S(=O)(=O)Nc2ccc(-n3ccc(C(=O)O)n3)cc2)cc1C. The lowest BCUT2D eigenvalue weighted by Crippen LogP contribution is -2.13. The zero-order chi connectivity index (χ0) is 21.7. The van der Waals surface area contributed by atoms with Gasteiger partial charge in [0, 0.05) is 19.0 Å². The molecule has 3 aromatic rings.